The number of halogens is 1. The van der Waals surface area contributed by atoms with Crippen molar-refractivity contribution in [2.75, 3.05) is 0 Å². The van der Waals surface area contributed by atoms with E-state index in [4.69, 9.17) is 5.11 Å². The fourth-order valence-corrected chi connectivity index (χ4v) is 0.341. The summed E-state index contributed by atoms with van der Waals surface area (Å²) in [5.74, 6) is 0. The Hall–Kier alpha value is 0.440. The molecule has 44 valence electrons. The van der Waals surface area contributed by atoms with Gasteiger partial charge < -0.3 is 5.11 Å². The van der Waals surface area contributed by atoms with E-state index in [1.807, 2.05) is 6.92 Å². The predicted molar refractivity (Wildman–Crippen MR) is 34.7 cm³/mol. The zero-order valence-electron chi connectivity index (χ0n) is 4.69. The fourth-order valence-electron chi connectivity index (χ4n) is 0.341. The molecule has 2 unspecified atom stereocenters. The standard InChI is InChI=1S/C5H11BrO/c1-3-5(6)4(2)7/h4-5,7H,3H2,1-2H3. The van der Waals surface area contributed by atoms with Crippen LogP contribution in [0.4, 0.5) is 0 Å². The SMILES string of the molecule is CCC(Br)C(C)O. The van der Waals surface area contributed by atoms with Gasteiger partial charge in [-0.25, -0.2) is 0 Å². The summed E-state index contributed by atoms with van der Waals surface area (Å²) in [6.07, 6.45) is 0.766. The van der Waals surface area contributed by atoms with Gasteiger partial charge in [0.1, 0.15) is 0 Å². The molecule has 0 aliphatic rings. The molecule has 7 heavy (non-hydrogen) atoms. The molecule has 0 rings (SSSR count). The van der Waals surface area contributed by atoms with E-state index in [0.29, 0.717) is 0 Å². The minimum atomic E-state index is -0.218. The molecule has 0 heterocycles. The Morgan fingerprint density at radius 1 is 1.71 bits per heavy atom. The van der Waals surface area contributed by atoms with Crippen LogP contribution in [0.3, 0.4) is 0 Å². The summed E-state index contributed by atoms with van der Waals surface area (Å²) in [6, 6.07) is 0. The van der Waals surface area contributed by atoms with Crippen molar-refractivity contribution in [3.05, 3.63) is 0 Å². The molecule has 0 bridgehead atoms. The quantitative estimate of drug-likeness (QED) is 0.618. The van der Waals surface area contributed by atoms with Gasteiger partial charge in [0.15, 0.2) is 0 Å². The second-order valence-corrected chi connectivity index (χ2v) is 2.84. The summed E-state index contributed by atoms with van der Waals surface area (Å²) >= 11 is 3.29. The Balaban J connectivity index is 3.14. The molecule has 0 aromatic carbocycles. The van der Waals surface area contributed by atoms with Crippen molar-refractivity contribution in [3.8, 4) is 0 Å². The summed E-state index contributed by atoms with van der Waals surface area (Å²) < 4.78 is 0. The monoisotopic (exact) mass is 166 g/mol. The van der Waals surface area contributed by atoms with E-state index in [1.165, 1.54) is 0 Å². The average molecular weight is 167 g/mol. The third-order valence-electron chi connectivity index (χ3n) is 0.913. The summed E-state index contributed by atoms with van der Waals surface area (Å²) in [5, 5.41) is 8.77. The van der Waals surface area contributed by atoms with Crippen molar-refractivity contribution in [2.45, 2.75) is 31.2 Å². The Bertz CT molecular complexity index is 45.3. The van der Waals surface area contributed by atoms with Crippen molar-refractivity contribution in [1.82, 2.24) is 0 Å². The van der Waals surface area contributed by atoms with Crippen LogP contribution in [-0.4, -0.2) is 16.0 Å². The van der Waals surface area contributed by atoms with Gasteiger partial charge in [-0.15, -0.1) is 0 Å². The van der Waals surface area contributed by atoms with Gasteiger partial charge >= 0.3 is 0 Å². The van der Waals surface area contributed by atoms with Crippen LogP contribution in [0.25, 0.3) is 0 Å². The van der Waals surface area contributed by atoms with E-state index in [9.17, 15) is 0 Å². The first-order chi connectivity index (χ1) is 3.18. The molecule has 0 aliphatic carbocycles. The van der Waals surface area contributed by atoms with Crippen molar-refractivity contribution in [1.29, 1.82) is 0 Å². The first-order valence-corrected chi connectivity index (χ1v) is 3.42. The van der Waals surface area contributed by atoms with Gasteiger partial charge in [-0.3, -0.25) is 0 Å². The van der Waals surface area contributed by atoms with Crippen molar-refractivity contribution in [2.24, 2.45) is 0 Å². The van der Waals surface area contributed by atoms with E-state index in [-0.39, 0.29) is 10.9 Å². The molecule has 2 heteroatoms. The minimum Gasteiger partial charge on any atom is -0.392 e. The lowest BCUT2D eigenvalue weighted by atomic mass is 10.2. The zero-order chi connectivity index (χ0) is 5.86. The Morgan fingerprint density at radius 3 is 2.14 bits per heavy atom. The first kappa shape index (κ1) is 7.44. The Kier molecular flexibility index (Phi) is 3.66. The first-order valence-electron chi connectivity index (χ1n) is 2.50. The molecule has 0 spiro atoms. The number of aliphatic hydroxyl groups excluding tert-OH is 1. The summed E-state index contributed by atoms with van der Waals surface area (Å²) in [5.41, 5.74) is 0. The summed E-state index contributed by atoms with van der Waals surface area (Å²) in [4.78, 5) is 0.271. The van der Waals surface area contributed by atoms with Crippen LogP contribution in [0.5, 0.6) is 0 Å². The number of aliphatic hydroxyl groups is 1. The van der Waals surface area contributed by atoms with Crippen LogP contribution in [0.15, 0.2) is 0 Å². The van der Waals surface area contributed by atoms with E-state index in [2.05, 4.69) is 15.9 Å². The maximum absolute atomic E-state index is 8.77. The minimum absolute atomic E-state index is 0.218. The largest absolute Gasteiger partial charge is 0.392 e. The Labute approximate surface area is 52.9 Å². The number of hydrogen-bond donors (Lipinski definition) is 1. The van der Waals surface area contributed by atoms with Crippen molar-refractivity contribution < 1.29 is 5.11 Å². The molecule has 0 saturated carbocycles. The number of alkyl halides is 1. The van der Waals surface area contributed by atoms with Crippen LogP contribution in [-0.2, 0) is 0 Å². The molecule has 0 saturated heterocycles. The molecular weight excluding hydrogens is 156 g/mol. The number of hydrogen-bond acceptors (Lipinski definition) is 1. The molecule has 0 aromatic rings. The predicted octanol–water partition coefficient (Wildman–Crippen LogP) is 1.54. The lowest BCUT2D eigenvalue weighted by Crippen LogP contribution is -2.13. The Morgan fingerprint density at radius 2 is 2.14 bits per heavy atom. The van der Waals surface area contributed by atoms with E-state index < -0.39 is 0 Å². The van der Waals surface area contributed by atoms with Gasteiger partial charge in [0.05, 0.1) is 6.10 Å². The lowest BCUT2D eigenvalue weighted by Gasteiger charge is -2.07. The van der Waals surface area contributed by atoms with Crippen LogP contribution < -0.4 is 0 Å². The highest BCUT2D eigenvalue weighted by molar-refractivity contribution is 9.09. The fraction of sp³-hybridized carbons (Fsp3) is 1.00. The van der Waals surface area contributed by atoms with Gasteiger partial charge in [0.25, 0.3) is 0 Å². The molecule has 0 aliphatic heterocycles. The topological polar surface area (TPSA) is 20.2 Å². The molecule has 1 N–H and O–H groups in total. The molecular formula is C5H11BrO. The third kappa shape index (κ3) is 3.06. The maximum Gasteiger partial charge on any atom is 0.0636 e. The van der Waals surface area contributed by atoms with Crippen LogP contribution in [0.2, 0.25) is 0 Å². The number of rotatable bonds is 2. The maximum atomic E-state index is 8.77. The summed E-state index contributed by atoms with van der Waals surface area (Å²) in [7, 11) is 0. The molecule has 0 amide bonds. The summed E-state index contributed by atoms with van der Waals surface area (Å²) in [6.45, 7) is 3.81. The van der Waals surface area contributed by atoms with Gasteiger partial charge in [0.2, 0.25) is 0 Å². The van der Waals surface area contributed by atoms with Gasteiger partial charge in [0, 0.05) is 4.83 Å². The normalized spacial score (nSPS) is 18.9. The molecule has 2 atom stereocenters. The molecule has 0 aromatic heterocycles. The van der Waals surface area contributed by atoms with Crippen LogP contribution in [0.1, 0.15) is 20.3 Å². The van der Waals surface area contributed by atoms with Crippen LogP contribution >= 0.6 is 15.9 Å². The average Bonchev–Trinajstić information content (AvgIpc) is 1.65. The molecule has 0 fully saturated rings. The second kappa shape index (κ2) is 3.44. The van der Waals surface area contributed by atoms with Gasteiger partial charge in [-0.2, -0.15) is 0 Å². The highest BCUT2D eigenvalue weighted by Crippen LogP contribution is 2.07. The molecule has 1 nitrogen and oxygen atoms in total. The van der Waals surface area contributed by atoms with Crippen molar-refractivity contribution in [3.63, 3.8) is 0 Å². The van der Waals surface area contributed by atoms with E-state index >= 15 is 0 Å². The van der Waals surface area contributed by atoms with Crippen molar-refractivity contribution >= 4 is 15.9 Å². The van der Waals surface area contributed by atoms with Gasteiger partial charge in [-0.1, -0.05) is 22.9 Å². The highest BCUT2D eigenvalue weighted by Gasteiger charge is 2.05. The second-order valence-electron chi connectivity index (χ2n) is 1.66. The third-order valence-corrected chi connectivity index (χ3v) is 2.33. The van der Waals surface area contributed by atoms with Gasteiger partial charge in [-0.05, 0) is 13.3 Å². The lowest BCUT2D eigenvalue weighted by molar-refractivity contribution is 0.192. The zero-order valence-corrected chi connectivity index (χ0v) is 6.27. The van der Waals surface area contributed by atoms with E-state index in [0.717, 1.165) is 6.42 Å². The van der Waals surface area contributed by atoms with Crippen LogP contribution in [0, 0.1) is 0 Å². The van der Waals surface area contributed by atoms with E-state index in [1.54, 1.807) is 6.92 Å². The molecule has 0 radical (unpaired) electrons. The highest BCUT2D eigenvalue weighted by atomic mass is 79.9. The smallest absolute Gasteiger partial charge is 0.0636 e.